The van der Waals surface area contributed by atoms with Crippen LogP contribution in [0.4, 0.5) is 0 Å². The van der Waals surface area contributed by atoms with E-state index in [4.69, 9.17) is 4.74 Å². The average molecular weight is 217 g/mol. The van der Waals surface area contributed by atoms with Gasteiger partial charge in [0.05, 0.1) is 12.8 Å². The summed E-state index contributed by atoms with van der Waals surface area (Å²) in [6.45, 7) is 3.46. The largest absolute Gasteiger partial charge is 0.497 e. The maximum Gasteiger partial charge on any atom is 0.119 e. The van der Waals surface area contributed by atoms with E-state index in [2.05, 4.69) is 4.98 Å². The molecule has 0 aliphatic carbocycles. The van der Waals surface area contributed by atoms with E-state index in [1.54, 1.807) is 27.2 Å². The summed E-state index contributed by atoms with van der Waals surface area (Å²) in [4.78, 5) is 4.25. The van der Waals surface area contributed by atoms with Crippen molar-refractivity contribution in [2.24, 2.45) is 0 Å². The molecule has 0 aliphatic rings. The molecule has 0 saturated heterocycles. The number of rotatable bonds is 2. The van der Waals surface area contributed by atoms with Gasteiger partial charge in [-0.25, -0.2) is 0 Å². The second kappa shape index (κ2) is 3.76. The lowest BCUT2D eigenvalue weighted by molar-refractivity contribution is 0.0756. The fraction of sp³-hybridized carbons (Fsp3) is 0.308. The minimum atomic E-state index is -0.953. The van der Waals surface area contributed by atoms with Gasteiger partial charge in [0.1, 0.15) is 11.4 Å². The fourth-order valence-corrected chi connectivity index (χ4v) is 1.76. The first-order valence-corrected chi connectivity index (χ1v) is 5.18. The summed E-state index contributed by atoms with van der Waals surface area (Å²) in [5, 5.41) is 12.0. The van der Waals surface area contributed by atoms with Crippen molar-refractivity contribution in [3.63, 3.8) is 0 Å². The Hall–Kier alpha value is -1.61. The molecule has 0 bridgehead atoms. The van der Waals surface area contributed by atoms with E-state index in [1.165, 1.54) is 0 Å². The quantitative estimate of drug-likeness (QED) is 0.840. The van der Waals surface area contributed by atoms with E-state index in [9.17, 15) is 5.11 Å². The van der Waals surface area contributed by atoms with Crippen LogP contribution in [0, 0.1) is 0 Å². The Labute approximate surface area is 94.7 Å². The minimum Gasteiger partial charge on any atom is -0.497 e. The van der Waals surface area contributed by atoms with Gasteiger partial charge in [-0.05, 0) is 37.4 Å². The fourth-order valence-electron chi connectivity index (χ4n) is 1.76. The molecular formula is C13H15NO2. The molecule has 2 aromatic rings. The number of hydrogen-bond donors (Lipinski definition) is 1. The van der Waals surface area contributed by atoms with Crippen LogP contribution in [0.25, 0.3) is 10.8 Å². The smallest absolute Gasteiger partial charge is 0.119 e. The lowest BCUT2D eigenvalue weighted by Crippen LogP contribution is -2.17. The summed E-state index contributed by atoms with van der Waals surface area (Å²) in [6.07, 6.45) is 1.71. The highest BCUT2D eigenvalue weighted by molar-refractivity contribution is 5.86. The monoisotopic (exact) mass is 217 g/mol. The Balaban J connectivity index is 2.74. The third-order valence-corrected chi connectivity index (χ3v) is 2.55. The molecule has 1 aromatic heterocycles. The molecule has 2 rings (SSSR count). The Kier molecular flexibility index (Phi) is 2.56. The van der Waals surface area contributed by atoms with Crippen LogP contribution >= 0.6 is 0 Å². The van der Waals surface area contributed by atoms with Gasteiger partial charge in [-0.15, -0.1) is 0 Å². The molecule has 84 valence electrons. The van der Waals surface area contributed by atoms with Crippen molar-refractivity contribution in [3.8, 4) is 5.75 Å². The van der Waals surface area contributed by atoms with Crippen LogP contribution in [0.3, 0.4) is 0 Å². The van der Waals surface area contributed by atoms with Gasteiger partial charge in [-0.1, -0.05) is 6.07 Å². The van der Waals surface area contributed by atoms with Crippen molar-refractivity contribution in [1.29, 1.82) is 0 Å². The van der Waals surface area contributed by atoms with E-state index in [0.29, 0.717) is 5.69 Å². The Morgan fingerprint density at radius 1 is 1.25 bits per heavy atom. The lowest BCUT2D eigenvalue weighted by Gasteiger charge is -2.18. The van der Waals surface area contributed by atoms with Crippen molar-refractivity contribution >= 4 is 10.8 Å². The zero-order valence-electron chi connectivity index (χ0n) is 9.69. The van der Waals surface area contributed by atoms with Crippen molar-refractivity contribution in [2.45, 2.75) is 19.4 Å². The highest BCUT2D eigenvalue weighted by atomic mass is 16.5. The summed E-state index contributed by atoms with van der Waals surface area (Å²) >= 11 is 0. The maximum atomic E-state index is 10.0. The molecule has 0 aliphatic heterocycles. The number of nitrogens with zero attached hydrogens (tertiary/aromatic N) is 1. The molecule has 1 aromatic carbocycles. The van der Waals surface area contributed by atoms with Gasteiger partial charge in [-0.3, -0.25) is 4.98 Å². The number of ether oxygens (including phenoxy) is 1. The van der Waals surface area contributed by atoms with Crippen LogP contribution in [0.1, 0.15) is 19.5 Å². The second-order valence-corrected chi connectivity index (χ2v) is 4.31. The normalized spacial score (nSPS) is 11.8. The predicted octanol–water partition coefficient (Wildman–Crippen LogP) is 2.47. The van der Waals surface area contributed by atoms with Crippen LogP contribution in [0.5, 0.6) is 5.75 Å². The van der Waals surface area contributed by atoms with Gasteiger partial charge in [0.25, 0.3) is 0 Å². The van der Waals surface area contributed by atoms with Crippen molar-refractivity contribution in [1.82, 2.24) is 4.98 Å². The Morgan fingerprint density at radius 3 is 2.62 bits per heavy atom. The summed E-state index contributed by atoms with van der Waals surface area (Å²) in [5.41, 5.74) is -0.282. The number of aliphatic hydroxyl groups is 1. The first kappa shape index (κ1) is 10.9. The van der Waals surface area contributed by atoms with E-state index < -0.39 is 5.60 Å². The third-order valence-electron chi connectivity index (χ3n) is 2.55. The number of hydrogen-bond acceptors (Lipinski definition) is 3. The molecule has 1 heterocycles. The Morgan fingerprint density at radius 2 is 2.00 bits per heavy atom. The molecule has 0 unspecified atom stereocenters. The molecule has 0 fully saturated rings. The highest BCUT2D eigenvalue weighted by Gasteiger charge is 2.20. The van der Waals surface area contributed by atoms with E-state index in [-0.39, 0.29) is 0 Å². The highest BCUT2D eigenvalue weighted by Crippen LogP contribution is 2.28. The average Bonchev–Trinajstić information content (AvgIpc) is 2.26. The first-order valence-electron chi connectivity index (χ1n) is 5.18. The van der Waals surface area contributed by atoms with Crippen LogP contribution in [0.2, 0.25) is 0 Å². The van der Waals surface area contributed by atoms with Crippen molar-refractivity contribution in [3.05, 3.63) is 36.2 Å². The zero-order valence-corrected chi connectivity index (χ0v) is 9.69. The summed E-state index contributed by atoms with van der Waals surface area (Å²) in [7, 11) is 1.63. The predicted molar refractivity (Wildman–Crippen MR) is 63.5 cm³/mol. The van der Waals surface area contributed by atoms with Crippen molar-refractivity contribution < 1.29 is 9.84 Å². The third kappa shape index (κ3) is 1.86. The van der Waals surface area contributed by atoms with Gasteiger partial charge in [0.15, 0.2) is 0 Å². The molecule has 3 heteroatoms. The van der Waals surface area contributed by atoms with E-state index in [0.717, 1.165) is 16.5 Å². The summed E-state index contributed by atoms with van der Waals surface area (Å²) < 4.78 is 5.18. The first-order chi connectivity index (χ1) is 7.52. The number of benzene rings is 1. The maximum absolute atomic E-state index is 10.0. The topological polar surface area (TPSA) is 42.4 Å². The molecule has 0 atom stereocenters. The van der Waals surface area contributed by atoms with Crippen molar-refractivity contribution in [2.75, 3.05) is 7.11 Å². The van der Waals surface area contributed by atoms with E-state index >= 15 is 0 Å². The van der Waals surface area contributed by atoms with Gasteiger partial charge >= 0.3 is 0 Å². The molecular weight excluding hydrogens is 202 g/mol. The number of methoxy groups -OCH3 is 1. The molecule has 1 N–H and O–H groups in total. The van der Waals surface area contributed by atoms with Crippen LogP contribution in [0.15, 0.2) is 30.5 Å². The van der Waals surface area contributed by atoms with Gasteiger partial charge in [0, 0.05) is 11.6 Å². The van der Waals surface area contributed by atoms with Crippen LogP contribution in [-0.4, -0.2) is 17.2 Å². The Bertz CT molecular complexity index is 515. The molecule has 0 saturated carbocycles. The van der Waals surface area contributed by atoms with E-state index in [1.807, 2.05) is 24.3 Å². The number of pyridine rings is 1. The SMILES string of the molecule is COc1ccc2ccnc(C(C)(C)O)c2c1. The molecule has 0 radical (unpaired) electrons. The number of aromatic nitrogens is 1. The second-order valence-electron chi connectivity index (χ2n) is 4.31. The lowest BCUT2D eigenvalue weighted by atomic mass is 9.98. The minimum absolute atomic E-state index is 0.670. The molecule has 0 amide bonds. The molecule has 16 heavy (non-hydrogen) atoms. The molecule has 0 spiro atoms. The van der Waals surface area contributed by atoms with Crippen LogP contribution in [-0.2, 0) is 5.60 Å². The standard InChI is InChI=1S/C13H15NO2/c1-13(2,15)12-11-8-10(16-3)5-4-9(11)6-7-14-12/h4-8,15H,1-3H3. The van der Waals surface area contributed by atoms with Gasteiger partial charge < -0.3 is 9.84 Å². The van der Waals surface area contributed by atoms with Gasteiger partial charge in [0.2, 0.25) is 0 Å². The summed E-state index contributed by atoms with van der Waals surface area (Å²) in [5.74, 6) is 0.769. The zero-order chi connectivity index (χ0) is 11.8. The number of fused-ring (bicyclic) bond motifs is 1. The van der Waals surface area contributed by atoms with Gasteiger partial charge in [-0.2, -0.15) is 0 Å². The van der Waals surface area contributed by atoms with Crippen LogP contribution < -0.4 is 4.74 Å². The summed E-state index contributed by atoms with van der Waals surface area (Å²) in [6, 6.07) is 7.68. The molecule has 3 nitrogen and oxygen atoms in total.